The summed E-state index contributed by atoms with van der Waals surface area (Å²) in [7, 11) is 0. The molecule has 4 aromatic rings. The molecule has 8 heteroatoms. The van der Waals surface area contributed by atoms with E-state index in [1.165, 1.54) is 12.1 Å². The Morgan fingerprint density at radius 2 is 1.94 bits per heavy atom. The van der Waals surface area contributed by atoms with E-state index in [1.54, 1.807) is 48.7 Å². The number of carbonyl (C=O) groups excluding carboxylic acids is 1. The van der Waals surface area contributed by atoms with Gasteiger partial charge < -0.3 is 10.4 Å². The summed E-state index contributed by atoms with van der Waals surface area (Å²) >= 11 is 6.45. The van der Waals surface area contributed by atoms with E-state index in [4.69, 9.17) is 11.6 Å². The van der Waals surface area contributed by atoms with Crippen molar-refractivity contribution in [3.8, 4) is 22.5 Å². The van der Waals surface area contributed by atoms with E-state index in [2.05, 4.69) is 20.5 Å². The molecular weight excluding hydrogens is 431 g/mol. The van der Waals surface area contributed by atoms with Crippen molar-refractivity contribution in [3.63, 3.8) is 0 Å². The van der Waals surface area contributed by atoms with Gasteiger partial charge in [0.05, 0.1) is 34.6 Å². The minimum absolute atomic E-state index is 0.239. The van der Waals surface area contributed by atoms with Crippen LogP contribution in [0, 0.1) is 5.82 Å². The largest absolute Gasteiger partial charge is 0.394 e. The van der Waals surface area contributed by atoms with Gasteiger partial charge in [-0.25, -0.2) is 4.39 Å². The molecule has 0 aliphatic heterocycles. The first-order valence-corrected chi connectivity index (χ1v) is 10.3. The number of halogens is 2. The van der Waals surface area contributed by atoms with Gasteiger partial charge >= 0.3 is 0 Å². The molecule has 0 saturated heterocycles. The van der Waals surface area contributed by atoms with Crippen LogP contribution in [0.3, 0.4) is 0 Å². The number of nitrogens with one attached hydrogen (secondary N) is 2. The van der Waals surface area contributed by atoms with E-state index < -0.39 is 6.04 Å². The zero-order valence-electron chi connectivity index (χ0n) is 16.9. The summed E-state index contributed by atoms with van der Waals surface area (Å²) < 4.78 is 13.2. The molecule has 0 bridgehead atoms. The maximum Gasteiger partial charge on any atom is 0.252 e. The number of hydrogen-bond acceptors (Lipinski definition) is 4. The highest BCUT2D eigenvalue weighted by Gasteiger charge is 2.21. The van der Waals surface area contributed by atoms with Gasteiger partial charge in [0, 0.05) is 29.4 Å². The molecule has 0 unspecified atom stereocenters. The molecule has 6 nitrogen and oxygen atoms in total. The fourth-order valence-electron chi connectivity index (χ4n) is 3.40. The molecule has 2 aromatic heterocycles. The van der Waals surface area contributed by atoms with Crippen molar-refractivity contribution < 1.29 is 14.3 Å². The number of aliphatic hydroxyl groups is 1. The Morgan fingerprint density at radius 3 is 2.66 bits per heavy atom. The third-order valence-electron chi connectivity index (χ3n) is 4.98. The Hall–Kier alpha value is -3.55. The normalized spacial score (nSPS) is 11.8. The molecule has 2 heterocycles. The summed E-state index contributed by atoms with van der Waals surface area (Å²) in [5.41, 5.74) is 3.45. The van der Waals surface area contributed by atoms with Gasteiger partial charge in [-0.05, 0) is 54.6 Å². The van der Waals surface area contributed by atoms with Crippen LogP contribution in [0.4, 0.5) is 4.39 Å². The molecule has 0 radical (unpaired) electrons. The predicted octanol–water partition coefficient (Wildman–Crippen LogP) is 4.26. The third kappa shape index (κ3) is 4.85. The molecule has 2 aromatic carbocycles. The summed E-state index contributed by atoms with van der Waals surface area (Å²) in [6.07, 6.45) is 2.05. The highest BCUT2D eigenvalue weighted by Crippen LogP contribution is 2.32. The van der Waals surface area contributed by atoms with E-state index in [9.17, 15) is 14.3 Å². The Kier molecular flexibility index (Phi) is 6.58. The topological polar surface area (TPSA) is 90.9 Å². The fourth-order valence-corrected chi connectivity index (χ4v) is 3.68. The van der Waals surface area contributed by atoms with Gasteiger partial charge in [0.15, 0.2) is 0 Å². The minimum atomic E-state index is -0.513. The first-order chi connectivity index (χ1) is 15.5. The minimum Gasteiger partial charge on any atom is -0.394 e. The number of aliphatic hydroxyl groups excluding tert-OH is 1. The SMILES string of the molecule is O=C(N[C@@H](CO)Cc1ccccn1)c1cccc(Cl)c1-c1cc(-c2ccc(F)cc2)n[nH]1. The van der Waals surface area contributed by atoms with Gasteiger partial charge in [-0.3, -0.25) is 14.9 Å². The molecule has 0 saturated carbocycles. The molecule has 1 amide bonds. The maximum atomic E-state index is 13.2. The van der Waals surface area contributed by atoms with Crippen LogP contribution in [0.2, 0.25) is 5.02 Å². The van der Waals surface area contributed by atoms with Crippen LogP contribution in [-0.2, 0) is 6.42 Å². The summed E-state index contributed by atoms with van der Waals surface area (Å²) in [5.74, 6) is -0.714. The number of carbonyl (C=O) groups is 1. The van der Waals surface area contributed by atoms with Crippen molar-refractivity contribution in [1.29, 1.82) is 0 Å². The number of aromatic nitrogens is 3. The Labute approximate surface area is 189 Å². The van der Waals surface area contributed by atoms with Gasteiger partial charge in [0.25, 0.3) is 5.91 Å². The molecule has 3 N–H and O–H groups in total. The zero-order valence-corrected chi connectivity index (χ0v) is 17.7. The Morgan fingerprint density at radius 1 is 1.12 bits per heavy atom. The number of hydrogen-bond donors (Lipinski definition) is 3. The molecule has 32 heavy (non-hydrogen) atoms. The Bertz CT molecular complexity index is 1210. The predicted molar refractivity (Wildman–Crippen MR) is 121 cm³/mol. The lowest BCUT2D eigenvalue weighted by Crippen LogP contribution is -2.39. The number of pyridine rings is 1. The van der Waals surface area contributed by atoms with Gasteiger partial charge in [0.1, 0.15) is 5.82 Å². The summed E-state index contributed by atoms with van der Waals surface area (Å²) in [5, 5.41) is 20.2. The number of H-pyrrole nitrogens is 1. The lowest BCUT2D eigenvalue weighted by Gasteiger charge is -2.17. The smallest absolute Gasteiger partial charge is 0.252 e. The molecule has 0 fully saturated rings. The fraction of sp³-hybridized carbons (Fsp3) is 0.125. The highest BCUT2D eigenvalue weighted by molar-refractivity contribution is 6.34. The van der Waals surface area contributed by atoms with E-state index in [0.717, 1.165) is 11.3 Å². The number of amides is 1. The number of aromatic amines is 1. The van der Waals surface area contributed by atoms with Gasteiger partial charge in [-0.15, -0.1) is 0 Å². The van der Waals surface area contributed by atoms with Crippen LogP contribution in [0.5, 0.6) is 0 Å². The van der Waals surface area contributed by atoms with Crippen LogP contribution < -0.4 is 5.32 Å². The first-order valence-electron chi connectivity index (χ1n) is 9.97. The average Bonchev–Trinajstić information content (AvgIpc) is 3.29. The van der Waals surface area contributed by atoms with E-state index >= 15 is 0 Å². The quantitative estimate of drug-likeness (QED) is 0.392. The Balaban J connectivity index is 1.60. The highest BCUT2D eigenvalue weighted by atomic mass is 35.5. The second kappa shape index (κ2) is 9.72. The second-order valence-corrected chi connectivity index (χ2v) is 7.62. The van der Waals surface area contributed by atoms with Crippen LogP contribution in [0.1, 0.15) is 16.1 Å². The average molecular weight is 451 g/mol. The van der Waals surface area contributed by atoms with Gasteiger partial charge in [-0.1, -0.05) is 23.7 Å². The number of nitrogens with zero attached hydrogens (tertiary/aromatic N) is 2. The first kappa shape index (κ1) is 21.7. The molecule has 0 spiro atoms. The molecule has 162 valence electrons. The van der Waals surface area contributed by atoms with Gasteiger partial charge in [-0.2, -0.15) is 5.10 Å². The number of benzene rings is 2. The van der Waals surface area contributed by atoms with Crippen LogP contribution in [0.25, 0.3) is 22.5 Å². The van der Waals surface area contributed by atoms with Crippen molar-refractivity contribution in [3.05, 3.63) is 95.0 Å². The molecule has 0 aliphatic rings. The van der Waals surface area contributed by atoms with E-state index in [-0.39, 0.29) is 18.3 Å². The number of rotatable bonds is 7. The third-order valence-corrected chi connectivity index (χ3v) is 5.30. The van der Waals surface area contributed by atoms with Crippen molar-refractivity contribution in [2.45, 2.75) is 12.5 Å². The van der Waals surface area contributed by atoms with Gasteiger partial charge in [0.2, 0.25) is 0 Å². The lowest BCUT2D eigenvalue weighted by molar-refractivity contribution is 0.0917. The van der Waals surface area contributed by atoms with E-state index in [0.29, 0.717) is 34.0 Å². The molecule has 4 rings (SSSR count). The van der Waals surface area contributed by atoms with Crippen LogP contribution in [0.15, 0.2) is 72.9 Å². The monoisotopic (exact) mass is 450 g/mol. The van der Waals surface area contributed by atoms with Crippen LogP contribution >= 0.6 is 11.6 Å². The molecular formula is C24H20ClFN4O2. The summed E-state index contributed by atoms with van der Waals surface area (Å²) in [6.45, 7) is -0.239. The van der Waals surface area contributed by atoms with Crippen LogP contribution in [-0.4, -0.2) is 38.8 Å². The van der Waals surface area contributed by atoms with Crippen molar-refractivity contribution >= 4 is 17.5 Å². The van der Waals surface area contributed by atoms with Crippen molar-refractivity contribution in [2.75, 3.05) is 6.61 Å². The molecule has 1 atom stereocenters. The summed E-state index contributed by atoms with van der Waals surface area (Å²) in [6, 6.07) is 17.7. The van der Waals surface area contributed by atoms with Crippen molar-refractivity contribution in [2.24, 2.45) is 0 Å². The summed E-state index contributed by atoms with van der Waals surface area (Å²) in [4.78, 5) is 17.3. The zero-order chi connectivity index (χ0) is 22.5. The van der Waals surface area contributed by atoms with Crippen molar-refractivity contribution in [1.82, 2.24) is 20.5 Å². The maximum absolute atomic E-state index is 13.2. The lowest BCUT2D eigenvalue weighted by atomic mass is 10.0. The molecule has 0 aliphatic carbocycles. The standard InChI is InChI=1S/C24H20ClFN4O2/c25-20-6-3-5-19(24(32)28-18(14-31)12-17-4-1-2-11-27-17)23(20)22-13-21(29-30-22)15-7-9-16(26)10-8-15/h1-11,13,18,31H,12,14H2,(H,28,32)(H,29,30)/t18-/m1/s1. The van der Waals surface area contributed by atoms with E-state index in [1.807, 2.05) is 12.1 Å². The second-order valence-electron chi connectivity index (χ2n) is 7.21.